The Labute approximate surface area is 270 Å². The van der Waals surface area contributed by atoms with Gasteiger partial charge in [-0.05, 0) is 37.5 Å². The van der Waals surface area contributed by atoms with Crippen molar-refractivity contribution >= 4 is 34.7 Å². The number of aryl methyl sites for hydroxylation is 1. The molecule has 2 amide bonds. The number of rotatable bonds is 7. The van der Waals surface area contributed by atoms with Crippen molar-refractivity contribution in [3.05, 3.63) is 69.6 Å². The summed E-state index contributed by atoms with van der Waals surface area (Å²) in [4.78, 5) is 60.1. The Morgan fingerprint density at radius 2 is 1.88 bits per heavy atom. The number of carbonyl (C=O) groups excluding carboxylic acids is 2. The van der Waals surface area contributed by atoms with E-state index in [1.54, 1.807) is 11.5 Å². The molecule has 0 aromatic carbocycles. The normalized spacial score (nSPS) is 15.5. The van der Waals surface area contributed by atoms with Crippen LogP contribution in [0, 0.1) is 6.92 Å². The lowest BCUT2D eigenvalue weighted by atomic mass is 10.1. The van der Waals surface area contributed by atoms with Gasteiger partial charge in [0, 0.05) is 32.4 Å². The number of anilines is 2. The van der Waals surface area contributed by atoms with Crippen molar-refractivity contribution in [3.63, 3.8) is 0 Å². The van der Waals surface area contributed by atoms with Crippen molar-refractivity contribution in [2.75, 3.05) is 49.6 Å². The van der Waals surface area contributed by atoms with Crippen LogP contribution in [0.2, 0.25) is 0 Å². The first-order chi connectivity index (χ1) is 23.0. The molecule has 0 radical (unpaired) electrons. The quantitative estimate of drug-likeness (QED) is 0.295. The van der Waals surface area contributed by atoms with E-state index in [4.69, 9.17) is 4.74 Å². The Bertz CT molecular complexity index is 1970. The summed E-state index contributed by atoms with van der Waals surface area (Å²) in [5, 5.41) is 17.4. The lowest BCUT2D eigenvalue weighted by Crippen LogP contribution is -2.51. The third-order valence-electron chi connectivity index (χ3n) is 8.16. The van der Waals surface area contributed by atoms with Gasteiger partial charge in [-0.3, -0.25) is 14.4 Å². The summed E-state index contributed by atoms with van der Waals surface area (Å²) in [5.41, 5.74) is 0.282. The maximum atomic E-state index is 14.1. The van der Waals surface area contributed by atoms with Crippen LogP contribution in [0.1, 0.15) is 46.6 Å². The van der Waals surface area contributed by atoms with E-state index in [9.17, 15) is 32.7 Å². The monoisotopic (exact) mass is 668 g/mol. The average molecular weight is 669 g/mol. The van der Waals surface area contributed by atoms with Crippen LogP contribution in [0.4, 0.5) is 24.7 Å². The molecule has 0 aliphatic carbocycles. The van der Waals surface area contributed by atoms with Gasteiger partial charge in [0.15, 0.2) is 17.3 Å². The number of carbonyl (C=O) groups is 2. The van der Waals surface area contributed by atoms with Crippen LogP contribution in [-0.4, -0.2) is 95.3 Å². The van der Waals surface area contributed by atoms with Crippen molar-refractivity contribution in [1.29, 1.82) is 0 Å². The third kappa shape index (κ3) is 6.29. The third-order valence-corrected chi connectivity index (χ3v) is 8.16. The molecule has 1 fully saturated rings. The van der Waals surface area contributed by atoms with Gasteiger partial charge in [0.05, 0.1) is 30.2 Å². The summed E-state index contributed by atoms with van der Waals surface area (Å²) in [7, 11) is 0. The van der Waals surface area contributed by atoms with Gasteiger partial charge in [-0.25, -0.2) is 15.0 Å². The fourth-order valence-corrected chi connectivity index (χ4v) is 5.66. The number of hydrogen-bond donors (Lipinski definition) is 2. The minimum Gasteiger partial charge on any atom is -0.504 e. The van der Waals surface area contributed by atoms with E-state index in [1.165, 1.54) is 11.2 Å². The van der Waals surface area contributed by atoms with Gasteiger partial charge in [0.25, 0.3) is 11.5 Å². The number of amides is 2. The van der Waals surface area contributed by atoms with Crippen molar-refractivity contribution in [2.45, 2.75) is 39.4 Å². The number of ether oxygens (including phenoxy) is 1. The molecule has 252 valence electrons. The van der Waals surface area contributed by atoms with Crippen molar-refractivity contribution in [1.82, 2.24) is 39.0 Å². The molecule has 0 bridgehead atoms. The molecule has 0 saturated carbocycles. The predicted molar refractivity (Wildman–Crippen MR) is 164 cm³/mol. The molecule has 18 heteroatoms. The number of fused-ring (bicyclic) bond motifs is 1. The minimum atomic E-state index is -4.58. The molecule has 15 nitrogen and oxygen atoms in total. The van der Waals surface area contributed by atoms with E-state index in [0.29, 0.717) is 43.8 Å². The standard InChI is InChI=1S/C30H31F3N10O5/c1-3-20-24(40-8-10-41(11-9-40)27(46)23-25(45)17(2)35-16-36-23)28(47)43-29(38-26(39-43)18-6-12-48-13-7-18)42(20)15-22(44)37-21-5-4-19(14-34-21)30(31,32)33/h4-6,14,16,45H,3,7-13,15H2,1-2H3,(H,34,37,44). The number of piperazine rings is 1. The van der Waals surface area contributed by atoms with E-state index in [1.807, 2.05) is 17.9 Å². The van der Waals surface area contributed by atoms with Gasteiger partial charge in [0.2, 0.25) is 11.7 Å². The number of aromatic hydroxyl groups is 1. The molecule has 4 aromatic heterocycles. The molecule has 0 atom stereocenters. The highest BCUT2D eigenvalue weighted by Gasteiger charge is 2.32. The average Bonchev–Trinajstić information content (AvgIpc) is 3.53. The Kier molecular flexibility index (Phi) is 8.83. The summed E-state index contributed by atoms with van der Waals surface area (Å²) < 4.78 is 47.1. The van der Waals surface area contributed by atoms with Crippen LogP contribution in [-0.2, 0) is 28.7 Å². The maximum absolute atomic E-state index is 14.1. The summed E-state index contributed by atoms with van der Waals surface area (Å²) >= 11 is 0. The number of pyridine rings is 1. The Balaban J connectivity index is 1.33. The van der Waals surface area contributed by atoms with Crippen LogP contribution >= 0.6 is 0 Å². The Hall–Kier alpha value is -5.39. The first-order valence-corrected chi connectivity index (χ1v) is 15.1. The molecule has 6 heterocycles. The van der Waals surface area contributed by atoms with Crippen molar-refractivity contribution in [3.8, 4) is 5.75 Å². The minimum absolute atomic E-state index is 0.0800. The molecule has 1 saturated heterocycles. The van der Waals surface area contributed by atoms with Gasteiger partial charge in [-0.15, -0.1) is 5.10 Å². The fraction of sp³-hybridized carbons (Fsp3) is 0.400. The number of alkyl halides is 3. The number of nitrogens with zero attached hydrogens (tertiary/aromatic N) is 9. The van der Waals surface area contributed by atoms with Crippen molar-refractivity contribution < 1.29 is 32.6 Å². The molecule has 48 heavy (non-hydrogen) atoms. The smallest absolute Gasteiger partial charge is 0.417 e. The van der Waals surface area contributed by atoms with E-state index in [0.717, 1.165) is 22.2 Å². The van der Waals surface area contributed by atoms with Gasteiger partial charge >= 0.3 is 6.18 Å². The second kappa shape index (κ2) is 13.0. The lowest BCUT2D eigenvalue weighted by Gasteiger charge is -2.36. The molecule has 0 spiro atoms. The molecule has 4 aromatic rings. The van der Waals surface area contributed by atoms with E-state index < -0.39 is 29.1 Å². The lowest BCUT2D eigenvalue weighted by molar-refractivity contribution is -0.137. The maximum Gasteiger partial charge on any atom is 0.417 e. The number of nitrogens with one attached hydrogen (secondary N) is 1. The van der Waals surface area contributed by atoms with Crippen LogP contribution < -0.4 is 15.8 Å². The largest absolute Gasteiger partial charge is 0.504 e. The SMILES string of the molecule is CCc1c(N2CCN(C(=O)c3ncnc(C)c3O)CC2)c(=O)n2nc(C3=CCOCC3)nc2n1CC(=O)Nc1ccc(C(F)(F)F)cn1. The van der Waals surface area contributed by atoms with Crippen LogP contribution in [0.15, 0.2) is 35.5 Å². The first-order valence-electron chi connectivity index (χ1n) is 15.1. The summed E-state index contributed by atoms with van der Waals surface area (Å²) in [6.45, 7) is 4.74. The number of halogens is 3. The molecule has 2 aliphatic heterocycles. The highest BCUT2D eigenvalue weighted by molar-refractivity contribution is 5.95. The Morgan fingerprint density at radius 1 is 1.10 bits per heavy atom. The first kappa shape index (κ1) is 32.5. The van der Waals surface area contributed by atoms with Gasteiger partial charge in [-0.2, -0.15) is 22.7 Å². The second-order valence-corrected chi connectivity index (χ2v) is 11.2. The molecule has 2 aliphatic rings. The van der Waals surface area contributed by atoms with Gasteiger partial charge in [-0.1, -0.05) is 13.0 Å². The van der Waals surface area contributed by atoms with Crippen LogP contribution in [0.3, 0.4) is 0 Å². The number of hydrogen-bond acceptors (Lipinski definition) is 11. The zero-order chi connectivity index (χ0) is 34.2. The Morgan fingerprint density at radius 3 is 2.52 bits per heavy atom. The van der Waals surface area contributed by atoms with Gasteiger partial charge in [0.1, 0.15) is 24.4 Å². The predicted octanol–water partition coefficient (Wildman–Crippen LogP) is 2.08. The van der Waals surface area contributed by atoms with E-state index >= 15 is 0 Å². The van der Waals surface area contributed by atoms with Crippen molar-refractivity contribution in [2.24, 2.45) is 0 Å². The molecular formula is C30H31F3N10O5. The summed E-state index contributed by atoms with van der Waals surface area (Å²) in [5.74, 6) is -1.04. The fourth-order valence-electron chi connectivity index (χ4n) is 5.66. The highest BCUT2D eigenvalue weighted by Crippen LogP contribution is 2.29. The summed E-state index contributed by atoms with van der Waals surface area (Å²) in [6, 6.07) is 1.88. The second-order valence-electron chi connectivity index (χ2n) is 11.2. The van der Waals surface area contributed by atoms with Crippen LogP contribution in [0.25, 0.3) is 11.4 Å². The number of aromatic nitrogens is 7. The highest BCUT2D eigenvalue weighted by atomic mass is 19.4. The molecule has 6 rings (SSSR count). The summed E-state index contributed by atoms with van der Waals surface area (Å²) in [6.07, 6.45) is -0.0901. The zero-order valence-electron chi connectivity index (χ0n) is 26.0. The van der Waals surface area contributed by atoms with E-state index in [-0.39, 0.29) is 67.1 Å². The molecule has 0 unspecified atom stereocenters. The van der Waals surface area contributed by atoms with Gasteiger partial charge < -0.3 is 29.5 Å². The topological polar surface area (TPSA) is 173 Å². The molecular weight excluding hydrogens is 637 g/mol. The van der Waals surface area contributed by atoms with Crippen LogP contribution in [0.5, 0.6) is 5.75 Å². The molecule has 2 N–H and O–H groups in total. The van der Waals surface area contributed by atoms with E-state index in [2.05, 4.69) is 30.4 Å². The zero-order valence-corrected chi connectivity index (χ0v) is 26.0.